The van der Waals surface area contributed by atoms with Crippen LogP contribution in [-0.2, 0) is 14.6 Å². The zero-order chi connectivity index (χ0) is 17.9. The molecule has 1 atom stereocenters. The summed E-state index contributed by atoms with van der Waals surface area (Å²) in [5, 5.41) is 8.89. The summed E-state index contributed by atoms with van der Waals surface area (Å²) in [6.07, 6.45) is 4.19. The molecule has 2 rings (SSSR count). The van der Waals surface area contributed by atoms with Crippen molar-refractivity contribution in [1.29, 1.82) is 0 Å². The van der Waals surface area contributed by atoms with Gasteiger partial charge in [0.25, 0.3) is 5.91 Å². The van der Waals surface area contributed by atoms with Gasteiger partial charge in [-0.15, -0.1) is 0 Å². The summed E-state index contributed by atoms with van der Waals surface area (Å²) in [6.45, 7) is 2.35. The molecule has 0 saturated carbocycles. The third kappa shape index (κ3) is 4.35. The standard InChI is InChI=1S/C17H23NO5S/c1-12-6-8-14(24(2,22)23)11-15(12)17(21)18-10-4-3-5-13(18)7-9-16(19)20/h6,8,11,13H,3-5,7,9-10H2,1-2H3,(H,19,20)/t13-/m0/s1. The molecule has 1 aromatic carbocycles. The molecular weight excluding hydrogens is 330 g/mol. The number of hydrogen-bond acceptors (Lipinski definition) is 4. The van der Waals surface area contributed by atoms with Crippen LogP contribution in [0.2, 0.25) is 0 Å². The number of amides is 1. The smallest absolute Gasteiger partial charge is 0.303 e. The number of sulfone groups is 1. The predicted molar refractivity (Wildman–Crippen MR) is 89.8 cm³/mol. The summed E-state index contributed by atoms with van der Waals surface area (Å²) in [6, 6.07) is 4.46. The lowest BCUT2D eigenvalue weighted by Gasteiger charge is -2.36. The number of aliphatic carboxylic acids is 1. The average molecular weight is 353 g/mol. The highest BCUT2D eigenvalue weighted by atomic mass is 32.2. The van der Waals surface area contributed by atoms with E-state index in [-0.39, 0.29) is 23.3 Å². The molecule has 0 radical (unpaired) electrons. The van der Waals surface area contributed by atoms with E-state index >= 15 is 0 Å². The molecule has 0 aliphatic carbocycles. The fraction of sp³-hybridized carbons (Fsp3) is 0.529. The number of nitrogens with zero attached hydrogens (tertiary/aromatic N) is 1. The maximum atomic E-state index is 12.9. The molecule has 1 aromatic rings. The van der Waals surface area contributed by atoms with E-state index in [4.69, 9.17) is 5.11 Å². The molecular formula is C17H23NO5S. The number of rotatable bonds is 5. The van der Waals surface area contributed by atoms with Gasteiger partial charge in [-0.1, -0.05) is 6.07 Å². The van der Waals surface area contributed by atoms with Crippen molar-refractivity contribution >= 4 is 21.7 Å². The average Bonchev–Trinajstić information content (AvgIpc) is 2.52. The van der Waals surface area contributed by atoms with E-state index in [2.05, 4.69) is 0 Å². The Morgan fingerprint density at radius 3 is 2.62 bits per heavy atom. The molecule has 1 fully saturated rings. The second kappa shape index (κ2) is 7.34. The van der Waals surface area contributed by atoms with Gasteiger partial charge in [0.15, 0.2) is 9.84 Å². The van der Waals surface area contributed by atoms with Crippen molar-refractivity contribution in [2.45, 2.75) is 50.0 Å². The van der Waals surface area contributed by atoms with Crippen LogP contribution in [0.25, 0.3) is 0 Å². The SMILES string of the molecule is Cc1ccc(S(C)(=O)=O)cc1C(=O)N1CCCC[C@H]1CCC(=O)O. The molecule has 1 N–H and O–H groups in total. The van der Waals surface area contributed by atoms with Crippen molar-refractivity contribution < 1.29 is 23.1 Å². The van der Waals surface area contributed by atoms with Crippen LogP contribution in [0.5, 0.6) is 0 Å². The van der Waals surface area contributed by atoms with Crippen LogP contribution in [0.1, 0.15) is 48.0 Å². The lowest BCUT2D eigenvalue weighted by Crippen LogP contribution is -2.44. The van der Waals surface area contributed by atoms with Crippen LogP contribution in [0.4, 0.5) is 0 Å². The van der Waals surface area contributed by atoms with Crippen LogP contribution >= 0.6 is 0 Å². The monoisotopic (exact) mass is 353 g/mol. The number of piperidine rings is 1. The van der Waals surface area contributed by atoms with Crippen LogP contribution < -0.4 is 0 Å². The Kier molecular flexibility index (Phi) is 5.64. The summed E-state index contributed by atoms with van der Waals surface area (Å²) >= 11 is 0. The fourth-order valence-corrected chi connectivity index (χ4v) is 3.72. The molecule has 0 aromatic heterocycles. The minimum Gasteiger partial charge on any atom is -0.481 e. The first-order valence-corrected chi connectivity index (χ1v) is 9.93. The zero-order valence-corrected chi connectivity index (χ0v) is 14.8. The van der Waals surface area contributed by atoms with Gasteiger partial charge in [-0.05, 0) is 50.3 Å². The normalized spacial score (nSPS) is 18.4. The van der Waals surface area contributed by atoms with Crippen molar-refractivity contribution in [3.63, 3.8) is 0 Å². The van der Waals surface area contributed by atoms with Gasteiger partial charge in [0.05, 0.1) is 4.90 Å². The minimum atomic E-state index is -3.39. The molecule has 6 nitrogen and oxygen atoms in total. The van der Waals surface area contributed by atoms with E-state index in [1.807, 2.05) is 0 Å². The number of carboxylic acids is 1. The Bertz CT molecular complexity index is 741. The number of carbonyl (C=O) groups is 2. The fourth-order valence-electron chi connectivity index (χ4n) is 3.08. The van der Waals surface area contributed by atoms with Gasteiger partial charge in [-0.2, -0.15) is 0 Å². The highest BCUT2D eigenvalue weighted by Gasteiger charge is 2.29. The molecule has 24 heavy (non-hydrogen) atoms. The summed E-state index contributed by atoms with van der Waals surface area (Å²) in [5.74, 6) is -1.09. The Labute approximate surface area is 142 Å². The maximum Gasteiger partial charge on any atom is 0.303 e. The largest absolute Gasteiger partial charge is 0.481 e. The topological polar surface area (TPSA) is 91.8 Å². The maximum absolute atomic E-state index is 12.9. The van der Waals surface area contributed by atoms with E-state index in [9.17, 15) is 18.0 Å². The molecule has 0 bridgehead atoms. The molecule has 1 aliphatic heterocycles. The van der Waals surface area contributed by atoms with Gasteiger partial charge in [-0.3, -0.25) is 9.59 Å². The number of aryl methyl sites for hydroxylation is 1. The number of carboxylic acid groups (broad SMARTS) is 1. The molecule has 132 valence electrons. The van der Waals surface area contributed by atoms with Gasteiger partial charge in [0, 0.05) is 30.8 Å². The predicted octanol–water partition coefficient (Wildman–Crippen LogP) is 2.26. The van der Waals surface area contributed by atoms with Gasteiger partial charge >= 0.3 is 5.97 Å². The van der Waals surface area contributed by atoms with Crippen molar-refractivity contribution in [1.82, 2.24) is 4.90 Å². The van der Waals surface area contributed by atoms with Crippen molar-refractivity contribution in [3.8, 4) is 0 Å². The van der Waals surface area contributed by atoms with E-state index < -0.39 is 15.8 Å². The molecule has 1 heterocycles. The van der Waals surface area contributed by atoms with Crippen molar-refractivity contribution in [3.05, 3.63) is 29.3 Å². The molecule has 1 amide bonds. The van der Waals surface area contributed by atoms with Crippen molar-refractivity contribution in [2.24, 2.45) is 0 Å². The number of likely N-dealkylation sites (tertiary alicyclic amines) is 1. The molecule has 0 spiro atoms. The van der Waals surface area contributed by atoms with E-state index in [1.54, 1.807) is 17.9 Å². The molecule has 0 unspecified atom stereocenters. The summed E-state index contributed by atoms with van der Waals surface area (Å²) in [5.41, 5.74) is 1.09. The molecule has 1 aliphatic rings. The van der Waals surface area contributed by atoms with E-state index in [0.717, 1.165) is 31.1 Å². The van der Waals surface area contributed by atoms with E-state index in [1.165, 1.54) is 12.1 Å². The van der Waals surface area contributed by atoms with Gasteiger partial charge in [-0.25, -0.2) is 8.42 Å². The lowest BCUT2D eigenvalue weighted by atomic mass is 9.96. The van der Waals surface area contributed by atoms with Crippen LogP contribution in [0.3, 0.4) is 0 Å². The highest BCUT2D eigenvalue weighted by molar-refractivity contribution is 7.90. The molecule has 1 saturated heterocycles. The Balaban J connectivity index is 2.30. The number of hydrogen-bond donors (Lipinski definition) is 1. The quantitative estimate of drug-likeness (QED) is 0.876. The third-order valence-electron chi connectivity index (χ3n) is 4.45. The van der Waals surface area contributed by atoms with Crippen LogP contribution in [0, 0.1) is 6.92 Å². The van der Waals surface area contributed by atoms with E-state index in [0.29, 0.717) is 18.5 Å². The second-order valence-electron chi connectivity index (χ2n) is 6.33. The van der Waals surface area contributed by atoms with Crippen LogP contribution in [0.15, 0.2) is 23.1 Å². The molecule has 7 heteroatoms. The summed E-state index contributed by atoms with van der Waals surface area (Å²) in [7, 11) is -3.39. The summed E-state index contributed by atoms with van der Waals surface area (Å²) in [4.78, 5) is 25.6. The van der Waals surface area contributed by atoms with Gasteiger partial charge in [0.1, 0.15) is 0 Å². The lowest BCUT2D eigenvalue weighted by molar-refractivity contribution is -0.137. The number of benzene rings is 1. The Morgan fingerprint density at radius 1 is 1.29 bits per heavy atom. The zero-order valence-electron chi connectivity index (χ0n) is 14.0. The van der Waals surface area contributed by atoms with Gasteiger partial charge in [0.2, 0.25) is 0 Å². The first-order chi connectivity index (χ1) is 11.2. The van der Waals surface area contributed by atoms with Gasteiger partial charge < -0.3 is 10.0 Å². The summed E-state index contributed by atoms with van der Waals surface area (Å²) < 4.78 is 23.5. The van der Waals surface area contributed by atoms with Crippen molar-refractivity contribution in [2.75, 3.05) is 12.8 Å². The third-order valence-corrected chi connectivity index (χ3v) is 5.56. The first kappa shape index (κ1) is 18.4. The number of carbonyl (C=O) groups excluding carboxylic acids is 1. The first-order valence-electron chi connectivity index (χ1n) is 8.03. The second-order valence-corrected chi connectivity index (χ2v) is 8.35. The van der Waals surface area contributed by atoms with Crippen LogP contribution in [-0.4, -0.2) is 49.1 Å². The highest BCUT2D eigenvalue weighted by Crippen LogP contribution is 2.25. The Hall–Kier alpha value is -1.89. The Morgan fingerprint density at radius 2 is 2.00 bits per heavy atom. The minimum absolute atomic E-state index is 0.0246.